The number of benzene rings is 10. The van der Waals surface area contributed by atoms with Gasteiger partial charge in [0.2, 0.25) is 0 Å². The van der Waals surface area contributed by atoms with Crippen LogP contribution in [0.1, 0.15) is 52.7 Å². The highest BCUT2D eigenvalue weighted by atomic mass is 15.2. The van der Waals surface area contributed by atoms with Crippen LogP contribution >= 0.6 is 0 Å². The monoisotopic (exact) mass is 900 g/mol. The highest BCUT2D eigenvalue weighted by molar-refractivity contribution is 6.31. The Labute approximate surface area is 407 Å². The molecule has 0 saturated heterocycles. The number of rotatable bonds is 6. The Morgan fingerprint density at radius 2 is 0.643 bits per heavy atom. The van der Waals surface area contributed by atoms with Crippen molar-refractivity contribution in [2.75, 3.05) is 9.80 Å². The maximum atomic E-state index is 2.56. The number of aromatic nitrogens is 2. The number of para-hydroxylation sites is 4. The van der Waals surface area contributed by atoms with Gasteiger partial charge in [0.1, 0.15) is 0 Å². The first-order valence-electron chi connectivity index (χ1n) is 24.7. The molecule has 4 aromatic heterocycles. The smallest absolute Gasteiger partial charge is 0.0641 e. The molecule has 0 N–H and O–H groups in total. The zero-order valence-electron chi connectivity index (χ0n) is 40.4. The molecule has 0 saturated carbocycles. The molecule has 14 aromatic rings. The van der Waals surface area contributed by atoms with Crippen LogP contribution in [0.4, 0.5) is 34.1 Å². The van der Waals surface area contributed by atoms with Crippen LogP contribution in [0.15, 0.2) is 206 Å². The van der Waals surface area contributed by atoms with Gasteiger partial charge in [-0.15, -0.1) is 0 Å². The molecule has 0 aliphatic rings. The van der Waals surface area contributed by atoms with E-state index >= 15 is 0 Å². The summed E-state index contributed by atoms with van der Waals surface area (Å²) in [6, 6.07) is 77.0. The Morgan fingerprint density at radius 1 is 0.300 bits per heavy atom. The lowest BCUT2D eigenvalue weighted by Crippen LogP contribution is -2.11. The Kier molecular flexibility index (Phi) is 8.48. The molecule has 0 fully saturated rings. The van der Waals surface area contributed by atoms with E-state index in [9.17, 15) is 0 Å². The second-order valence-electron chi connectivity index (χ2n) is 21.4. The molecule has 0 atom stereocenters. The van der Waals surface area contributed by atoms with Gasteiger partial charge in [-0.3, -0.25) is 0 Å². The second-order valence-corrected chi connectivity index (χ2v) is 21.4. The Balaban J connectivity index is 1.07. The summed E-state index contributed by atoms with van der Waals surface area (Å²) in [5.74, 6) is 0. The summed E-state index contributed by atoms with van der Waals surface area (Å²) in [4.78, 5) is 4.87. The fourth-order valence-electron chi connectivity index (χ4n) is 11.8. The van der Waals surface area contributed by atoms with Crippen LogP contribution in [-0.2, 0) is 10.8 Å². The predicted octanol–water partition coefficient (Wildman–Crippen LogP) is 18.7. The zero-order valence-corrected chi connectivity index (χ0v) is 40.4. The lowest BCUT2D eigenvalue weighted by Gasteiger charge is -2.26. The summed E-state index contributed by atoms with van der Waals surface area (Å²) < 4.78 is 5.12. The van der Waals surface area contributed by atoms with Crippen LogP contribution < -0.4 is 9.80 Å². The predicted molar refractivity (Wildman–Crippen MR) is 300 cm³/mol. The van der Waals surface area contributed by atoms with Crippen LogP contribution in [0.5, 0.6) is 0 Å². The topological polar surface area (TPSA) is 15.3 Å². The minimum Gasteiger partial charge on any atom is -0.310 e. The third-order valence-corrected chi connectivity index (χ3v) is 15.2. The molecule has 336 valence electrons. The van der Waals surface area contributed by atoms with Crippen molar-refractivity contribution in [3.05, 3.63) is 217 Å². The highest BCUT2D eigenvalue weighted by Crippen LogP contribution is 2.51. The van der Waals surface area contributed by atoms with Crippen molar-refractivity contribution in [3.63, 3.8) is 0 Å². The quantitative estimate of drug-likeness (QED) is 0.165. The second kappa shape index (κ2) is 14.6. The number of anilines is 6. The van der Waals surface area contributed by atoms with Crippen LogP contribution in [0.2, 0.25) is 0 Å². The summed E-state index contributed by atoms with van der Waals surface area (Å²) in [6.07, 6.45) is 0. The average Bonchev–Trinajstić information content (AvgIpc) is 4.10. The molecule has 0 unspecified atom stereocenters. The minimum absolute atomic E-state index is 0.0122. The number of nitrogens with zero attached hydrogens (tertiary/aromatic N) is 4. The molecular formula is C66H52N4. The summed E-state index contributed by atoms with van der Waals surface area (Å²) in [7, 11) is 0. The van der Waals surface area contributed by atoms with Crippen molar-refractivity contribution in [3.8, 4) is 0 Å². The molecule has 0 radical (unpaired) electrons. The number of fused-ring (bicyclic) bond motifs is 13. The fraction of sp³-hybridized carbons (Fsp3) is 0.121. The average molecular weight is 901 g/mol. The van der Waals surface area contributed by atoms with E-state index in [1.165, 1.54) is 109 Å². The molecule has 0 amide bonds. The maximum absolute atomic E-state index is 2.56. The lowest BCUT2D eigenvalue weighted by atomic mass is 9.86. The molecule has 4 heterocycles. The normalized spacial score (nSPS) is 12.7. The Hall–Kier alpha value is -8.34. The standard InChI is InChI=1S/C66H52N4/c1-65(2,3)43-27-31-55-53(39-43)61-57(67(45-19-11-7-12-20-45)46-21-13-8-14-22-46)33-29-49-51-35-42-38-60-52(36-41(42)37-59(51)69(55)63(49)61)50-30-34-58(68(47-23-15-9-16-24-47)48-25-17-10-18-26-48)62-54-40-44(66(4,5)6)28-32-56(54)70(60)64(50)62/h7-40H,1-6H3. The molecule has 14 rings (SSSR count). The van der Waals surface area contributed by atoms with Gasteiger partial charge < -0.3 is 18.6 Å². The third kappa shape index (κ3) is 5.83. The van der Waals surface area contributed by atoms with Gasteiger partial charge in [0, 0.05) is 65.8 Å². The van der Waals surface area contributed by atoms with Gasteiger partial charge in [-0.25, -0.2) is 0 Å². The maximum Gasteiger partial charge on any atom is 0.0641 e. The van der Waals surface area contributed by atoms with Gasteiger partial charge in [-0.05, 0) is 142 Å². The van der Waals surface area contributed by atoms with E-state index in [2.05, 4.69) is 266 Å². The van der Waals surface area contributed by atoms with E-state index in [1.54, 1.807) is 0 Å². The van der Waals surface area contributed by atoms with Gasteiger partial charge in [0.05, 0.1) is 44.5 Å². The SMILES string of the molecule is CC(C)(C)c1ccc2c(c1)c1c(N(c3ccccc3)c3ccccc3)ccc3c4cc5cc6c(cc5cc4n2c31)c1ccc(N(c2ccccc2)c2ccccc2)c2c3cc(C(C)(C)C)ccc3n6c12. The van der Waals surface area contributed by atoms with Gasteiger partial charge >= 0.3 is 0 Å². The van der Waals surface area contributed by atoms with Gasteiger partial charge in [0.15, 0.2) is 0 Å². The first-order valence-corrected chi connectivity index (χ1v) is 24.7. The van der Waals surface area contributed by atoms with E-state index in [0.29, 0.717) is 0 Å². The Morgan fingerprint density at radius 3 is 0.971 bits per heavy atom. The van der Waals surface area contributed by atoms with Gasteiger partial charge in [-0.1, -0.05) is 139 Å². The van der Waals surface area contributed by atoms with E-state index in [4.69, 9.17) is 0 Å². The Bertz CT molecular complexity index is 3980. The van der Waals surface area contributed by atoms with Gasteiger partial charge in [0.25, 0.3) is 0 Å². The molecule has 0 aliphatic carbocycles. The van der Waals surface area contributed by atoms with E-state index in [1.807, 2.05) is 0 Å². The molecule has 70 heavy (non-hydrogen) atoms. The van der Waals surface area contributed by atoms with E-state index in [0.717, 1.165) is 22.7 Å². The molecule has 4 nitrogen and oxygen atoms in total. The van der Waals surface area contributed by atoms with Crippen molar-refractivity contribution < 1.29 is 0 Å². The fourth-order valence-corrected chi connectivity index (χ4v) is 11.8. The first-order chi connectivity index (χ1) is 34.0. The first kappa shape index (κ1) is 40.7. The lowest BCUT2D eigenvalue weighted by molar-refractivity contribution is 0.591. The largest absolute Gasteiger partial charge is 0.310 e. The molecule has 4 heteroatoms. The molecular weight excluding hydrogens is 849 g/mol. The van der Waals surface area contributed by atoms with Crippen molar-refractivity contribution in [1.29, 1.82) is 0 Å². The number of hydrogen-bond acceptors (Lipinski definition) is 2. The summed E-state index contributed by atoms with van der Waals surface area (Å²) >= 11 is 0. The van der Waals surface area contributed by atoms with E-state index < -0.39 is 0 Å². The molecule has 0 bridgehead atoms. The van der Waals surface area contributed by atoms with Crippen LogP contribution in [0.25, 0.3) is 87.0 Å². The van der Waals surface area contributed by atoms with Crippen LogP contribution in [-0.4, -0.2) is 8.80 Å². The minimum atomic E-state index is -0.0122. The molecule has 10 aromatic carbocycles. The molecule has 0 aliphatic heterocycles. The van der Waals surface area contributed by atoms with Crippen molar-refractivity contribution in [1.82, 2.24) is 8.80 Å². The highest BCUT2D eigenvalue weighted by Gasteiger charge is 2.28. The zero-order chi connectivity index (χ0) is 47.2. The summed E-state index contributed by atoms with van der Waals surface area (Å²) in [6.45, 7) is 13.9. The van der Waals surface area contributed by atoms with Gasteiger partial charge in [-0.2, -0.15) is 0 Å². The van der Waals surface area contributed by atoms with E-state index in [-0.39, 0.29) is 10.8 Å². The number of hydrogen-bond donors (Lipinski definition) is 0. The van der Waals surface area contributed by atoms with Crippen LogP contribution in [0, 0.1) is 0 Å². The van der Waals surface area contributed by atoms with Crippen LogP contribution in [0.3, 0.4) is 0 Å². The summed E-state index contributed by atoms with van der Waals surface area (Å²) in [5, 5.41) is 12.6. The summed E-state index contributed by atoms with van der Waals surface area (Å²) in [5.41, 5.74) is 17.0. The van der Waals surface area contributed by atoms with Crippen molar-refractivity contribution in [2.45, 2.75) is 52.4 Å². The third-order valence-electron chi connectivity index (χ3n) is 15.2. The van der Waals surface area contributed by atoms with Crippen molar-refractivity contribution >= 4 is 121 Å². The molecule has 0 spiro atoms. The van der Waals surface area contributed by atoms with Crippen molar-refractivity contribution in [2.24, 2.45) is 0 Å².